The maximum Gasteiger partial charge on any atom is 0.338 e. The van der Waals surface area contributed by atoms with Crippen molar-refractivity contribution in [1.82, 2.24) is 15.0 Å². The van der Waals surface area contributed by atoms with Crippen molar-refractivity contribution in [1.29, 1.82) is 0 Å². The highest BCUT2D eigenvalue weighted by Gasteiger charge is 2.12. The molecule has 4 rings (SSSR count). The third-order valence-corrected chi connectivity index (χ3v) is 4.41. The summed E-state index contributed by atoms with van der Waals surface area (Å²) in [5.74, 6) is 0.483. The molecule has 150 valence electrons. The Kier molecular flexibility index (Phi) is 5.38. The number of nitrogens with two attached hydrogens (primary N) is 1. The van der Waals surface area contributed by atoms with Gasteiger partial charge in [0.15, 0.2) is 11.6 Å². The lowest BCUT2D eigenvalue weighted by atomic mass is 10.2. The number of hydrogen-bond donors (Lipinski definition) is 3. The number of ether oxygens (including phenoxy) is 1. The Morgan fingerprint density at radius 1 is 1.00 bits per heavy atom. The van der Waals surface area contributed by atoms with E-state index in [-0.39, 0.29) is 5.97 Å². The molecule has 0 saturated carbocycles. The van der Waals surface area contributed by atoms with Gasteiger partial charge in [0.25, 0.3) is 0 Å². The maximum atomic E-state index is 12.0. The zero-order valence-corrected chi connectivity index (χ0v) is 16.3. The summed E-state index contributed by atoms with van der Waals surface area (Å²) < 4.78 is 5.04. The highest BCUT2D eigenvalue weighted by molar-refractivity contribution is 5.94. The summed E-state index contributed by atoms with van der Waals surface area (Å²) in [4.78, 5) is 24.9. The minimum atomic E-state index is -0.386. The number of hydrogen-bond acceptors (Lipinski definition) is 8. The summed E-state index contributed by atoms with van der Waals surface area (Å²) in [5.41, 5.74) is 9.34. The van der Waals surface area contributed by atoms with Gasteiger partial charge in [-0.1, -0.05) is 24.3 Å². The molecular weight excluding hydrogens is 380 g/mol. The molecule has 4 N–H and O–H groups in total. The first-order valence-corrected chi connectivity index (χ1v) is 9.41. The number of anilines is 5. The number of carbonyl (C=O) groups excluding carboxylic acids is 1. The lowest BCUT2D eigenvalue weighted by Gasteiger charge is -2.14. The number of para-hydroxylation sites is 1. The van der Waals surface area contributed by atoms with Crippen LogP contribution in [0.25, 0.3) is 10.9 Å². The number of benzene rings is 2. The predicted molar refractivity (Wildman–Crippen MR) is 117 cm³/mol. The SMILES string of the molecule is CCOC(=O)c1cccc(Nc2ncnc(Nc3cccc4cccnc34)c2N)c1. The number of aromatic nitrogens is 3. The molecule has 0 saturated heterocycles. The third-order valence-electron chi connectivity index (χ3n) is 4.41. The van der Waals surface area contributed by atoms with E-state index in [4.69, 9.17) is 10.5 Å². The summed E-state index contributed by atoms with van der Waals surface area (Å²) in [6.07, 6.45) is 3.15. The molecule has 2 aromatic carbocycles. The van der Waals surface area contributed by atoms with Crippen molar-refractivity contribution < 1.29 is 9.53 Å². The van der Waals surface area contributed by atoms with Crippen molar-refractivity contribution in [3.8, 4) is 0 Å². The molecule has 0 atom stereocenters. The number of esters is 1. The Balaban J connectivity index is 1.61. The molecule has 0 aliphatic carbocycles. The van der Waals surface area contributed by atoms with Gasteiger partial charge in [-0.25, -0.2) is 14.8 Å². The fourth-order valence-corrected chi connectivity index (χ4v) is 3.00. The molecule has 8 heteroatoms. The van der Waals surface area contributed by atoms with Crippen LogP contribution in [-0.4, -0.2) is 27.5 Å². The Bertz CT molecular complexity index is 1210. The van der Waals surface area contributed by atoms with Gasteiger partial charge in [0.2, 0.25) is 0 Å². The zero-order chi connectivity index (χ0) is 20.9. The van der Waals surface area contributed by atoms with E-state index in [0.29, 0.717) is 35.2 Å². The van der Waals surface area contributed by atoms with Crippen LogP contribution in [0.4, 0.5) is 28.7 Å². The predicted octanol–water partition coefficient (Wildman–Crippen LogP) is 4.27. The van der Waals surface area contributed by atoms with Crippen LogP contribution in [0.15, 0.2) is 67.1 Å². The lowest BCUT2D eigenvalue weighted by Crippen LogP contribution is -2.07. The summed E-state index contributed by atoms with van der Waals surface area (Å²) >= 11 is 0. The number of pyridine rings is 1. The molecule has 4 aromatic rings. The van der Waals surface area contributed by atoms with E-state index in [1.807, 2.05) is 36.4 Å². The first-order chi connectivity index (χ1) is 14.7. The largest absolute Gasteiger partial charge is 0.462 e. The van der Waals surface area contributed by atoms with Gasteiger partial charge in [-0.3, -0.25) is 4.98 Å². The second-order valence-corrected chi connectivity index (χ2v) is 6.42. The van der Waals surface area contributed by atoms with Crippen LogP contribution in [0.3, 0.4) is 0 Å². The minimum absolute atomic E-state index is 0.313. The number of fused-ring (bicyclic) bond motifs is 1. The molecule has 30 heavy (non-hydrogen) atoms. The van der Waals surface area contributed by atoms with Crippen LogP contribution < -0.4 is 16.4 Å². The zero-order valence-electron chi connectivity index (χ0n) is 16.3. The molecule has 0 radical (unpaired) electrons. The Labute approximate surface area is 173 Å². The normalized spacial score (nSPS) is 10.6. The lowest BCUT2D eigenvalue weighted by molar-refractivity contribution is 0.0526. The molecule has 0 unspecified atom stereocenters. The number of nitrogen functional groups attached to an aromatic ring is 1. The first-order valence-electron chi connectivity index (χ1n) is 9.41. The quantitative estimate of drug-likeness (QED) is 0.411. The smallest absolute Gasteiger partial charge is 0.338 e. The maximum absolute atomic E-state index is 12.0. The monoisotopic (exact) mass is 400 g/mol. The van der Waals surface area contributed by atoms with Crippen molar-refractivity contribution in [3.63, 3.8) is 0 Å². The van der Waals surface area contributed by atoms with Crippen molar-refractivity contribution in [2.24, 2.45) is 0 Å². The highest BCUT2D eigenvalue weighted by atomic mass is 16.5. The topological polar surface area (TPSA) is 115 Å². The van der Waals surface area contributed by atoms with E-state index in [2.05, 4.69) is 25.6 Å². The van der Waals surface area contributed by atoms with E-state index in [1.54, 1.807) is 31.3 Å². The van der Waals surface area contributed by atoms with Crippen LogP contribution in [0.2, 0.25) is 0 Å². The molecule has 0 spiro atoms. The van der Waals surface area contributed by atoms with Gasteiger partial charge in [-0.05, 0) is 37.3 Å². The van der Waals surface area contributed by atoms with Crippen LogP contribution in [0, 0.1) is 0 Å². The molecule has 2 aromatic heterocycles. The van der Waals surface area contributed by atoms with Crippen molar-refractivity contribution in [3.05, 3.63) is 72.7 Å². The van der Waals surface area contributed by atoms with Gasteiger partial charge in [-0.15, -0.1) is 0 Å². The van der Waals surface area contributed by atoms with Gasteiger partial charge in [-0.2, -0.15) is 0 Å². The Hall–Kier alpha value is -4.20. The average Bonchev–Trinajstić information content (AvgIpc) is 2.77. The highest BCUT2D eigenvalue weighted by Crippen LogP contribution is 2.30. The molecule has 0 amide bonds. The average molecular weight is 400 g/mol. The molecule has 0 fully saturated rings. The van der Waals surface area contributed by atoms with E-state index in [1.165, 1.54) is 6.33 Å². The number of rotatable bonds is 6. The molecular formula is C22H20N6O2. The van der Waals surface area contributed by atoms with Crippen LogP contribution in [0.1, 0.15) is 17.3 Å². The van der Waals surface area contributed by atoms with Gasteiger partial charge >= 0.3 is 5.97 Å². The minimum Gasteiger partial charge on any atom is -0.462 e. The van der Waals surface area contributed by atoms with Crippen molar-refractivity contribution in [2.45, 2.75) is 6.92 Å². The molecule has 0 aliphatic heterocycles. The van der Waals surface area contributed by atoms with Crippen molar-refractivity contribution in [2.75, 3.05) is 23.0 Å². The van der Waals surface area contributed by atoms with E-state index in [0.717, 1.165) is 16.6 Å². The summed E-state index contributed by atoms with van der Waals surface area (Å²) in [6, 6.07) is 16.6. The number of carbonyl (C=O) groups is 1. The van der Waals surface area contributed by atoms with Gasteiger partial charge in [0.05, 0.1) is 23.4 Å². The van der Waals surface area contributed by atoms with E-state index in [9.17, 15) is 4.79 Å². The molecule has 0 aliphatic rings. The molecule has 8 nitrogen and oxygen atoms in total. The fraction of sp³-hybridized carbons (Fsp3) is 0.0909. The van der Waals surface area contributed by atoms with Gasteiger partial charge in [0, 0.05) is 17.3 Å². The van der Waals surface area contributed by atoms with Crippen LogP contribution in [0.5, 0.6) is 0 Å². The third kappa shape index (κ3) is 3.97. The summed E-state index contributed by atoms with van der Waals surface area (Å²) in [7, 11) is 0. The molecule has 2 heterocycles. The van der Waals surface area contributed by atoms with E-state index >= 15 is 0 Å². The van der Waals surface area contributed by atoms with Crippen LogP contribution in [-0.2, 0) is 4.74 Å². The van der Waals surface area contributed by atoms with Crippen molar-refractivity contribution >= 4 is 45.6 Å². The number of nitrogens with one attached hydrogen (secondary N) is 2. The molecule has 0 bridgehead atoms. The standard InChI is InChI=1S/C22H20N6O2/c1-2-30-22(29)15-7-3-9-16(12-15)27-20-18(23)21(26-13-25-20)28-17-10-4-6-14-8-5-11-24-19(14)17/h3-13H,2,23H2,1H3,(H2,25,26,27,28). The Morgan fingerprint density at radius 3 is 2.60 bits per heavy atom. The first kappa shape index (κ1) is 19.1. The summed E-state index contributed by atoms with van der Waals surface area (Å²) in [6.45, 7) is 2.08. The van der Waals surface area contributed by atoms with E-state index < -0.39 is 0 Å². The summed E-state index contributed by atoms with van der Waals surface area (Å²) in [5, 5.41) is 7.37. The Morgan fingerprint density at radius 2 is 1.77 bits per heavy atom. The van der Waals surface area contributed by atoms with Gasteiger partial charge < -0.3 is 21.1 Å². The fourth-order valence-electron chi connectivity index (χ4n) is 3.00. The second-order valence-electron chi connectivity index (χ2n) is 6.42. The second kappa shape index (κ2) is 8.44. The van der Waals surface area contributed by atoms with Crippen LogP contribution >= 0.6 is 0 Å². The number of nitrogens with zero attached hydrogens (tertiary/aromatic N) is 3. The van der Waals surface area contributed by atoms with Gasteiger partial charge in [0.1, 0.15) is 12.0 Å².